The Morgan fingerprint density at radius 3 is 2.39 bits per heavy atom. The summed E-state index contributed by atoms with van der Waals surface area (Å²) in [6.45, 7) is 12.8. The lowest BCUT2D eigenvalue weighted by Gasteiger charge is -2.43. The van der Waals surface area contributed by atoms with Gasteiger partial charge in [-0.25, -0.2) is 0 Å². The van der Waals surface area contributed by atoms with E-state index in [0.29, 0.717) is 5.92 Å². The molecule has 2 bridgehead atoms. The van der Waals surface area contributed by atoms with E-state index in [9.17, 15) is 4.79 Å². The van der Waals surface area contributed by atoms with Crippen molar-refractivity contribution in [2.75, 3.05) is 0 Å². The number of ether oxygens (including phenoxy) is 1. The minimum Gasteiger partial charge on any atom is -0.458 e. The van der Waals surface area contributed by atoms with E-state index in [1.54, 1.807) is 0 Å². The van der Waals surface area contributed by atoms with Crippen LogP contribution >= 0.6 is 0 Å². The summed E-state index contributed by atoms with van der Waals surface area (Å²) >= 11 is 0. The van der Waals surface area contributed by atoms with Gasteiger partial charge in [0.2, 0.25) is 0 Å². The molecule has 0 N–H and O–H groups in total. The summed E-state index contributed by atoms with van der Waals surface area (Å²) in [5, 5.41) is 0.153. The van der Waals surface area contributed by atoms with Crippen LogP contribution < -0.4 is 0 Å². The molecule has 0 saturated carbocycles. The van der Waals surface area contributed by atoms with Gasteiger partial charge in [0.25, 0.3) is 0 Å². The third kappa shape index (κ3) is 4.24. The molecule has 0 aliphatic heterocycles. The highest BCUT2D eigenvalue weighted by Crippen LogP contribution is 2.42. The number of hydrogen-bond donors (Lipinski definition) is 0. The van der Waals surface area contributed by atoms with E-state index in [1.165, 1.54) is 6.92 Å². The second-order valence-corrected chi connectivity index (χ2v) is 12.8. The van der Waals surface area contributed by atoms with Crippen LogP contribution in [0.1, 0.15) is 34.1 Å². The van der Waals surface area contributed by atoms with Crippen molar-refractivity contribution >= 4 is 14.3 Å². The Hall–Kier alpha value is -1.13. The summed E-state index contributed by atoms with van der Waals surface area (Å²) in [6, 6.07) is 0. The molecule has 1 unspecified atom stereocenters. The van der Waals surface area contributed by atoms with E-state index < -0.39 is 8.32 Å². The Bertz CT molecular complexity index is 525. The molecule has 2 aliphatic carbocycles. The molecule has 4 atom stereocenters. The normalized spacial score (nSPS) is 30.7. The van der Waals surface area contributed by atoms with Crippen LogP contribution in [0.2, 0.25) is 18.1 Å². The summed E-state index contributed by atoms with van der Waals surface area (Å²) < 4.78 is 12.4. The molecule has 0 spiro atoms. The first-order valence-electron chi connectivity index (χ1n) is 8.48. The fraction of sp³-hybridized carbons (Fsp3) is 0.632. The smallest absolute Gasteiger partial charge is 0.303 e. The lowest BCUT2D eigenvalue weighted by molar-refractivity contribution is -0.147. The lowest BCUT2D eigenvalue weighted by Crippen LogP contribution is -2.49. The van der Waals surface area contributed by atoms with Gasteiger partial charge in [0.05, 0.1) is 6.10 Å². The van der Waals surface area contributed by atoms with Crippen LogP contribution in [0.25, 0.3) is 0 Å². The molecule has 2 rings (SSSR count). The van der Waals surface area contributed by atoms with Crippen LogP contribution in [-0.2, 0) is 14.0 Å². The maximum Gasteiger partial charge on any atom is 0.303 e. The van der Waals surface area contributed by atoms with Gasteiger partial charge >= 0.3 is 5.97 Å². The third-order valence-electron chi connectivity index (χ3n) is 5.26. The largest absolute Gasteiger partial charge is 0.458 e. The minimum absolute atomic E-state index is 0.0465. The molecule has 0 amide bonds. The van der Waals surface area contributed by atoms with Crippen molar-refractivity contribution in [3.63, 3.8) is 0 Å². The second kappa shape index (κ2) is 6.77. The maximum absolute atomic E-state index is 11.5. The first-order chi connectivity index (χ1) is 10.6. The molecular weight excluding hydrogens is 304 g/mol. The maximum atomic E-state index is 11.5. The Kier molecular flexibility index (Phi) is 5.36. The molecule has 4 heteroatoms. The van der Waals surface area contributed by atoms with E-state index in [2.05, 4.69) is 64.2 Å². The zero-order chi connectivity index (χ0) is 17.3. The zero-order valence-corrected chi connectivity index (χ0v) is 16.2. The molecule has 0 radical (unpaired) electrons. The van der Waals surface area contributed by atoms with Crippen molar-refractivity contribution in [3.05, 3.63) is 36.5 Å². The first-order valence-corrected chi connectivity index (χ1v) is 11.4. The number of hydrogen-bond acceptors (Lipinski definition) is 3. The molecule has 0 saturated heterocycles. The molecule has 3 nitrogen and oxygen atoms in total. The Morgan fingerprint density at radius 2 is 1.78 bits per heavy atom. The van der Waals surface area contributed by atoms with Crippen LogP contribution in [0.3, 0.4) is 0 Å². The van der Waals surface area contributed by atoms with Crippen LogP contribution in [0.5, 0.6) is 0 Å². The van der Waals surface area contributed by atoms with Crippen molar-refractivity contribution in [1.29, 1.82) is 0 Å². The van der Waals surface area contributed by atoms with Crippen LogP contribution in [0.15, 0.2) is 36.5 Å². The molecule has 2 aliphatic rings. The average Bonchev–Trinajstić information content (AvgIpc) is 2.67. The van der Waals surface area contributed by atoms with E-state index in [4.69, 9.17) is 9.16 Å². The molecule has 0 aromatic rings. The van der Waals surface area contributed by atoms with Crippen LogP contribution in [0, 0.1) is 11.8 Å². The van der Waals surface area contributed by atoms with Crippen molar-refractivity contribution in [3.8, 4) is 0 Å². The van der Waals surface area contributed by atoms with Gasteiger partial charge in [0.1, 0.15) is 6.10 Å². The number of fused-ring (bicyclic) bond motifs is 2. The highest BCUT2D eigenvalue weighted by atomic mass is 28.4. The molecule has 23 heavy (non-hydrogen) atoms. The molecule has 0 aromatic heterocycles. The number of allylic oxidation sites excluding steroid dienone is 3. The fourth-order valence-electron chi connectivity index (χ4n) is 2.90. The van der Waals surface area contributed by atoms with Gasteiger partial charge in [-0.2, -0.15) is 0 Å². The van der Waals surface area contributed by atoms with Crippen LogP contribution in [0.4, 0.5) is 0 Å². The fourth-order valence-corrected chi connectivity index (χ4v) is 4.27. The minimum atomic E-state index is -1.91. The van der Waals surface area contributed by atoms with Crippen LogP contribution in [-0.4, -0.2) is 26.5 Å². The first kappa shape index (κ1) is 18.2. The average molecular weight is 335 g/mol. The number of carbonyl (C=O) groups is 1. The predicted octanol–water partition coefficient (Wildman–Crippen LogP) is 4.63. The predicted molar refractivity (Wildman–Crippen MR) is 96.6 cm³/mol. The second-order valence-electron chi connectivity index (χ2n) is 8.09. The van der Waals surface area contributed by atoms with Crippen molar-refractivity contribution < 1.29 is 14.0 Å². The van der Waals surface area contributed by atoms with Gasteiger partial charge < -0.3 is 9.16 Å². The Morgan fingerprint density at radius 1 is 1.13 bits per heavy atom. The lowest BCUT2D eigenvalue weighted by atomic mass is 9.89. The van der Waals surface area contributed by atoms with Crippen molar-refractivity contribution in [1.82, 2.24) is 0 Å². The monoisotopic (exact) mass is 334 g/mol. The molecular formula is C19H30O3Si. The number of carbonyl (C=O) groups excluding carboxylic acids is 1. The summed E-state index contributed by atoms with van der Waals surface area (Å²) in [7, 11) is -1.91. The van der Waals surface area contributed by atoms with Gasteiger partial charge in [0.15, 0.2) is 8.32 Å². The summed E-state index contributed by atoms with van der Waals surface area (Å²) in [4.78, 5) is 11.5. The van der Waals surface area contributed by atoms with Gasteiger partial charge in [-0.1, -0.05) is 51.2 Å². The van der Waals surface area contributed by atoms with E-state index in [-0.39, 0.29) is 29.1 Å². The highest BCUT2D eigenvalue weighted by molar-refractivity contribution is 6.74. The quantitative estimate of drug-likeness (QED) is 0.429. The van der Waals surface area contributed by atoms with Gasteiger partial charge in [0, 0.05) is 18.8 Å². The summed E-state index contributed by atoms with van der Waals surface area (Å²) in [5.74, 6) is 0.141. The summed E-state index contributed by atoms with van der Waals surface area (Å²) in [6.07, 6.45) is 13.4. The molecule has 0 heterocycles. The number of esters is 1. The van der Waals surface area contributed by atoms with Gasteiger partial charge in [-0.3, -0.25) is 4.79 Å². The van der Waals surface area contributed by atoms with Crippen molar-refractivity contribution in [2.45, 2.75) is 64.5 Å². The van der Waals surface area contributed by atoms with Crippen molar-refractivity contribution in [2.24, 2.45) is 11.8 Å². The van der Waals surface area contributed by atoms with E-state index >= 15 is 0 Å². The van der Waals surface area contributed by atoms with E-state index in [1.807, 2.05) is 6.08 Å². The highest BCUT2D eigenvalue weighted by Gasteiger charge is 2.44. The number of rotatable bonds is 3. The van der Waals surface area contributed by atoms with Gasteiger partial charge in [-0.05, 0) is 30.6 Å². The Labute approximate surface area is 141 Å². The summed E-state index contributed by atoms with van der Waals surface area (Å²) in [5.41, 5.74) is 0. The van der Waals surface area contributed by atoms with Gasteiger partial charge in [-0.15, -0.1) is 0 Å². The standard InChI is InChI=1S/C19H30O3Si/c1-14(20)21-17-13-9-11-15-10-7-8-12-16(17)18(15)22-23(5,6)19(2,3)4/h7-10,12-13,15-18H,11H2,1-6H3/t15-,16+,17?,18+/m0/s1. The topological polar surface area (TPSA) is 35.5 Å². The molecule has 0 aromatic carbocycles. The molecule has 0 fully saturated rings. The van der Waals surface area contributed by atoms with E-state index in [0.717, 1.165) is 6.42 Å². The Balaban J connectivity index is 2.33. The SMILES string of the molecule is CC(=O)OC1C=CC[C@@H]2C=CC=C[C@H]1[C@@H]2O[Si](C)(C)C(C)(C)C. The zero-order valence-electron chi connectivity index (χ0n) is 15.2. The third-order valence-corrected chi connectivity index (χ3v) is 9.73. The molecule has 128 valence electrons.